The number of hydrogen-bond donors (Lipinski definition) is 0. The summed E-state index contributed by atoms with van der Waals surface area (Å²) in [5.41, 5.74) is 0. The number of nitrogens with zero attached hydrogens (tertiary/aromatic N) is 2. The molecule has 4 heteroatoms. The van der Waals surface area contributed by atoms with E-state index in [0.29, 0.717) is 13.2 Å². The Bertz CT molecular complexity index is 202. The Labute approximate surface area is 105 Å². The largest absolute Gasteiger partial charge is 0.349 e. The molecule has 0 aromatic heterocycles. The molecule has 0 spiro atoms. The van der Waals surface area contributed by atoms with E-state index in [1.54, 1.807) is 0 Å². The summed E-state index contributed by atoms with van der Waals surface area (Å²) < 4.78 is 5.34. The second-order valence-corrected chi connectivity index (χ2v) is 5.21. The molecule has 0 amide bonds. The van der Waals surface area contributed by atoms with Gasteiger partial charge in [0.2, 0.25) is 6.29 Å². The van der Waals surface area contributed by atoms with Crippen LogP contribution in [0.3, 0.4) is 0 Å². The quantitative estimate of drug-likeness (QED) is 0.498. The van der Waals surface area contributed by atoms with Gasteiger partial charge in [-0.05, 0) is 58.3 Å². The Hall–Kier alpha value is -0.160. The minimum atomic E-state index is -0.841. The minimum Gasteiger partial charge on any atom is -0.349 e. The molecule has 2 saturated heterocycles. The molecule has 0 aliphatic carbocycles. The molecular weight excluding hydrogens is 216 g/mol. The van der Waals surface area contributed by atoms with Crippen molar-refractivity contribution in [1.82, 2.24) is 9.80 Å². The molecular formula is C13H25N2O2. The van der Waals surface area contributed by atoms with E-state index in [2.05, 4.69) is 9.80 Å². The molecule has 4 nitrogen and oxygen atoms in total. The van der Waals surface area contributed by atoms with E-state index in [0.717, 1.165) is 26.1 Å². The van der Waals surface area contributed by atoms with Crippen LogP contribution >= 0.6 is 0 Å². The van der Waals surface area contributed by atoms with E-state index in [1.807, 2.05) is 0 Å². The van der Waals surface area contributed by atoms with Crippen LogP contribution in [0.15, 0.2) is 0 Å². The smallest absolute Gasteiger partial charge is 0.204 e. The van der Waals surface area contributed by atoms with Crippen LogP contribution in [0.5, 0.6) is 0 Å². The fourth-order valence-corrected chi connectivity index (χ4v) is 2.74. The Morgan fingerprint density at radius 1 is 0.941 bits per heavy atom. The standard InChI is InChI=1S/C13H25N2O2/c16-13(12-15-8-3-4-9-15)17-11-5-10-14-6-1-2-7-14/h13H,1-12H2. The van der Waals surface area contributed by atoms with Gasteiger partial charge >= 0.3 is 0 Å². The predicted molar refractivity (Wildman–Crippen MR) is 66.4 cm³/mol. The van der Waals surface area contributed by atoms with Crippen LogP contribution in [-0.4, -0.2) is 62.0 Å². The average molecular weight is 241 g/mol. The maximum absolute atomic E-state index is 11.6. The van der Waals surface area contributed by atoms with Crippen molar-refractivity contribution in [2.45, 2.75) is 38.4 Å². The van der Waals surface area contributed by atoms with Crippen molar-refractivity contribution >= 4 is 0 Å². The highest BCUT2D eigenvalue weighted by Gasteiger charge is 2.17. The third-order valence-corrected chi connectivity index (χ3v) is 3.73. The molecule has 17 heavy (non-hydrogen) atoms. The van der Waals surface area contributed by atoms with Crippen LogP contribution in [-0.2, 0) is 9.84 Å². The number of ether oxygens (including phenoxy) is 1. The fraction of sp³-hybridized carbons (Fsp3) is 1.00. The highest BCUT2D eigenvalue weighted by Crippen LogP contribution is 2.09. The van der Waals surface area contributed by atoms with Crippen LogP contribution < -0.4 is 0 Å². The van der Waals surface area contributed by atoms with Crippen LogP contribution in [0.4, 0.5) is 0 Å². The lowest BCUT2D eigenvalue weighted by molar-refractivity contribution is -0.150. The Morgan fingerprint density at radius 2 is 1.53 bits per heavy atom. The Kier molecular flexibility index (Phi) is 5.71. The molecule has 0 bridgehead atoms. The summed E-state index contributed by atoms with van der Waals surface area (Å²) in [6, 6.07) is 0. The molecule has 2 heterocycles. The van der Waals surface area contributed by atoms with Crippen molar-refractivity contribution < 1.29 is 9.84 Å². The first-order chi connectivity index (χ1) is 8.34. The van der Waals surface area contributed by atoms with Gasteiger partial charge in [-0.25, -0.2) is 5.11 Å². The van der Waals surface area contributed by atoms with Gasteiger partial charge in [-0.1, -0.05) is 0 Å². The third-order valence-electron chi connectivity index (χ3n) is 3.73. The summed E-state index contributed by atoms with van der Waals surface area (Å²) in [5.74, 6) is 0. The molecule has 2 fully saturated rings. The first-order valence-corrected chi connectivity index (χ1v) is 7.07. The fourth-order valence-electron chi connectivity index (χ4n) is 2.74. The molecule has 0 aromatic carbocycles. The first-order valence-electron chi connectivity index (χ1n) is 7.07. The zero-order valence-corrected chi connectivity index (χ0v) is 10.8. The van der Waals surface area contributed by atoms with E-state index < -0.39 is 6.29 Å². The molecule has 99 valence electrons. The zero-order valence-electron chi connectivity index (χ0n) is 10.8. The number of likely N-dealkylation sites (tertiary alicyclic amines) is 2. The van der Waals surface area contributed by atoms with Crippen molar-refractivity contribution in [3.05, 3.63) is 0 Å². The number of hydrogen-bond acceptors (Lipinski definition) is 3. The molecule has 0 saturated carbocycles. The van der Waals surface area contributed by atoms with E-state index in [9.17, 15) is 5.11 Å². The van der Waals surface area contributed by atoms with Crippen molar-refractivity contribution in [3.63, 3.8) is 0 Å². The highest BCUT2D eigenvalue weighted by molar-refractivity contribution is 4.67. The molecule has 1 unspecified atom stereocenters. The van der Waals surface area contributed by atoms with E-state index in [-0.39, 0.29) is 0 Å². The Morgan fingerprint density at radius 3 is 2.18 bits per heavy atom. The van der Waals surface area contributed by atoms with E-state index in [4.69, 9.17) is 4.74 Å². The van der Waals surface area contributed by atoms with Gasteiger partial charge in [0.15, 0.2) is 0 Å². The third kappa shape index (κ3) is 4.92. The SMILES string of the molecule is [O]C(CN1CCCC1)OCCCN1CCCC1. The van der Waals surface area contributed by atoms with Crippen molar-refractivity contribution in [2.24, 2.45) is 0 Å². The van der Waals surface area contributed by atoms with Gasteiger partial charge < -0.3 is 9.64 Å². The second-order valence-electron chi connectivity index (χ2n) is 5.21. The molecule has 0 aromatic rings. The monoisotopic (exact) mass is 241 g/mol. The normalized spacial score (nSPS) is 24.5. The molecule has 2 rings (SSSR count). The summed E-state index contributed by atoms with van der Waals surface area (Å²) in [7, 11) is 0. The summed E-state index contributed by atoms with van der Waals surface area (Å²) in [6.45, 7) is 6.91. The van der Waals surface area contributed by atoms with Crippen LogP contribution in [0, 0.1) is 0 Å². The van der Waals surface area contributed by atoms with Crippen LogP contribution in [0.1, 0.15) is 32.1 Å². The lowest BCUT2D eigenvalue weighted by Crippen LogP contribution is -2.31. The lowest BCUT2D eigenvalue weighted by atomic mass is 10.4. The highest BCUT2D eigenvalue weighted by atomic mass is 16.6. The minimum absolute atomic E-state index is 0.573. The maximum Gasteiger partial charge on any atom is 0.204 e. The van der Waals surface area contributed by atoms with Crippen LogP contribution in [0.2, 0.25) is 0 Å². The Balaban J connectivity index is 1.46. The topological polar surface area (TPSA) is 35.6 Å². The number of rotatable bonds is 7. The van der Waals surface area contributed by atoms with Gasteiger partial charge in [0.1, 0.15) is 0 Å². The van der Waals surface area contributed by atoms with Gasteiger partial charge in [-0.3, -0.25) is 4.90 Å². The summed E-state index contributed by atoms with van der Waals surface area (Å²) in [6.07, 6.45) is 5.30. The summed E-state index contributed by atoms with van der Waals surface area (Å²) in [5, 5.41) is 11.6. The van der Waals surface area contributed by atoms with Crippen molar-refractivity contribution in [2.75, 3.05) is 45.9 Å². The van der Waals surface area contributed by atoms with Gasteiger partial charge in [-0.2, -0.15) is 0 Å². The molecule has 1 radical (unpaired) electrons. The van der Waals surface area contributed by atoms with E-state index >= 15 is 0 Å². The summed E-state index contributed by atoms with van der Waals surface area (Å²) in [4.78, 5) is 4.68. The second kappa shape index (κ2) is 7.31. The van der Waals surface area contributed by atoms with Crippen molar-refractivity contribution in [3.8, 4) is 0 Å². The summed E-state index contributed by atoms with van der Waals surface area (Å²) >= 11 is 0. The van der Waals surface area contributed by atoms with Crippen LogP contribution in [0.25, 0.3) is 0 Å². The molecule has 2 aliphatic heterocycles. The van der Waals surface area contributed by atoms with Crippen molar-refractivity contribution in [1.29, 1.82) is 0 Å². The van der Waals surface area contributed by atoms with Gasteiger partial charge in [0.05, 0.1) is 13.2 Å². The molecule has 0 N–H and O–H groups in total. The zero-order chi connectivity index (χ0) is 11.9. The van der Waals surface area contributed by atoms with Gasteiger partial charge in [0.25, 0.3) is 0 Å². The molecule has 1 atom stereocenters. The van der Waals surface area contributed by atoms with Gasteiger partial charge in [0, 0.05) is 6.54 Å². The van der Waals surface area contributed by atoms with E-state index in [1.165, 1.54) is 38.8 Å². The first kappa shape index (κ1) is 13.3. The predicted octanol–water partition coefficient (Wildman–Crippen LogP) is 1.34. The van der Waals surface area contributed by atoms with Gasteiger partial charge in [-0.15, -0.1) is 0 Å². The molecule has 2 aliphatic rings. The lowest BCUT2D eigenvalue weighted by Gasteiger charge is -2.19. The average Bonchev–Trinajstić information content (AvgIpc) is 2.96. The maximum atomic E-state index is 11.6.